The fraction of sp³-hybridized carbons (Fsp3) is 0.130. The Morgan fingerprint density at radius 2 is 1.33 bits per heavy atom. The normalized spacial score (nSPS) is 11.4. The highest BCUT2D eigenvalue weighted by atomic mass is 16.6. The first-order chi connectivity index (χ1) is 15.8. The van der Waals surface area contributed by atoms with Crippen molar-refractivity contribution in [2.45, 2.75) is 19.1 Å². The summed E-state index contributed by atoms with van der Waals surface area (Å²) in [6.45, 7) is -0.106. The first-order valence-corrected chi connectivity index (χ1v) is 9.79. The van der Waals surface area contributed by atoms with Gasteiger partial charge < -0.3 is 10.5 Å². The first kappa shape index (κ1) is 23.2. The molecule has 0 radical (unpaired) electrons. The van der Waals surface area contributed by atoms with E-state index in [2.05, 4.69) is 0 Å². The van der Waals surface area contributed by atoms with Crippen LogP contribution in [-0.4, -0.2) is 21.6 Å². The van der Waals surface area contributed by atoms with E-state index in [1.165, 1.54) is 48.5 Å². The molecule has 0 spiro atoms. The maximum absolute atomic E-state index is 12.6. The third-order valence-electron chi connectivity index (χ3n) is 4.93. The average Bonchev–Trinajstić information content (AvgIpc) is 2.82. The maximum atomic E-state index is 12.6. The molecule has 0 heterocycles. The molecule has 2 N–H and O–H groups in total. The smallest absolute Gasteiger partial charge is 0.338 e. The molecule has 10 heteroatoms. The van der Waals surface area contributed by atoms with E-state index in [1.54, 1.807) is 24.3 Å². The van der Waals surface area contributed by atoms with E-state index in [1.807, 2.05) is 0 Å². The minimum absolute atomic E-state index is 0.0505. The van der Waals surface area contributed by atoms with Crippen molar-refractivity contribution in [3.05, 3.63) is 115 Å². The standard InChI is InChI=1S/C23H19N3O7/c24-21(13-22(27)15-5-9-18(10-6-15)25(29)30)20-4-2-1-3-17(20)14-33-23(28)16-7-11-19(12-8-16)26(31)32/h1-12,21H,13-14,24H2. The van der Waals surface area contributed by atoms with Crippen LogP contribution >= 0.6 is 0 Å². The summed E-state index contributed by atoms with van der Waals surface area (Å²) in [5.74, 6) is -0.940. The van der Waals surface area contributed by atoms with Crippen LogP contribution in [0.2, 0.25) is 0 Å². The molecule has 0 aliphatic rings. The summed E-state index contributed by atoms with van der Waals surface area (Å²) >= 11 is 0. The van der Waals surface area contributed by atoms with Crippen molar-refractivity contribution in [2.24, 2.45) is 5.73 Å². The highest BCUT2D eigenvalue weighted by molar-refractivity contribution is 5.96. The number of hydrogen-bond acceptors (Lipinski definition) is 8. The number of carbonyl (C=O) groups excluding carboxylic acids is 2. The Balaban J connectivity index is 1.66. The number of hydrogen-bond donors (Lipinski definition) is 1. The molecule has 0 fully saturated rings. The number of ether oxygens (including phenoxy) is 1. The quantitative estimate of drug-likeness (QED) is 0.221. The van der Waals surface area contributed by atoms with Crippen LogP contribution in [0.25, 0.3) is 0 Å². The SMILES string of the molecule is NC(CC(=O)c1ccc([N+](=O)[O-])cc1)c1ccccc1COC(=O)c1ccc([N+](=O)[O-])cc1. The third kappa shape index (κ3) is 5.83. The molecule has 0 aliphatic heterocycles. The van der Waals surface area contributed by atoms with Crippen molar-refractivity contribution in [1.29, 1.82) is 0 Å². The van der Waals surface area contributed by atoms with E-state index in [-0.39, 0.29) is 35.7 Å². The Bertz CT molecular complexity index is 1190. The predicted molar refractivity (Wildman–Crippen MR) is 118 cm³/mol. The largest absolute Gasteiger partial charge is 0.457 e. The van der Waals surface area contributed by atoms with Crippen LogP contribution in [0.4, 0.5) is 11.4 Å². The number of nitrogens with two attached hydrogens (primary N) is 1. The molecule has 0 saturated carbocycles. The molecule has 0 aliphatic carbocycles. The van der Waals surface area contributed by atoms with Gasteiger partial charge in [-0.1, -0.05) is 24.3 Å². The van der Waals surface area contributed by atoms with Crippen LogP contribution < -0.4 is 5.73 Å². The van der Waals surface area contributed by atoms with Crippen LogP contribution in [0.3, 0.4) is 0 Å². The molecular weight excluding hydrogens is 430 g/mol. The molecule has 3 aromatic rings. The number of carbonyl (C=O) groups is 2. The lowest BCUT2D eigenvalue weighted by Gasteiger charge is -2.16. The van der Waals surface area contributed by atoms with Gasteiger partial charge >= 0.3 is 5.97 Å². The lowest BCUT2D eigenvalue weighted by molar-refractivity contribution is -0.385. The summed E-state index contributed by atoms with van der Waals surface area (Å²) in [6, 6.07) is 16.5. The number of non-ortho nitro benzene ring substituents is 2. The van der Waals surface area contributed by atoms with Crippen LogP contribution in [0.5, 0.6) is 0 Å². The number of nitro benzene ring substituents is 2. The van der Waals surface area contributed by atoms with Gasteiger partial charge in [-0.25, -0.2) is 4.79 Å². The maximum Gasteiger partial charge on any atom is 0.338 e. The molecular formula is C23H19N3O7. The second-order valence-electron chi connectivity index (χ2n) is 7.12. The monoisotopic (exact) mass is 449 g/mol. The predicted octanol–water partition coefficient (Wildman–Crippen LogP) is 4.13. The van der Waals surface area contributed by atoms with Gasteiger partial charge in [-0.3, -0.25) is 25.0 Å². The lowest BCUT2D eigenvalue weighted by Crippen LogP contribution is -2.18. The first-order valence-electron chi connectivity index (χ1n) is 9.79. The summed E-state index contributed by atoms with van der Waals surface area (Å²) in [6.07, 6.45) is -0.0505. The van der Waals surface area contributed by atoms with Gasteiger partial charge in [0.15, 0.2) is 5.78 Å². The van der Waals surface area contributed by atoms with E-state index in [9.17, 15) is 29.8 Å². The molecule has 33 heavy (non-hydrogen) atoms. The number of ketones is 1. The summed E-state index contributed by atoms with van der Waals surface area (Å²) in [5.41, 5.74) is 7.68. The number of benzene rings is 3. The molecule has 0 amide bonds. The summed E-state index contributed by atoms with van der Waals surface area (Å²) in [5, 5.41) is 21.5. The number of Topliss-reactive ketones (excluding diaryl/α,β-unsaturated/α-hetero) is 1. The zero-order chi connectivity index (χ0) is 24.0. The molecule has 0 saturated heterocycles. The number of rotatable bonds is 9. The third-order valence-corrected chi connectivity index (χ3v) is 4.93. The van der Waals surface area contributed by atoms with Crippen molar-refractivity contribution in [2.75, 3.05) is 0 Å². The highest BCUT2D eigenvalue weighted by Crippen LogP contribution is 2.23. The Morgan fingerprint density at radius 1 is 0.818 bits per heavy atom. The minimum atomic E-state index is -0.693. The van der Waals surface area contributed by atoms with Crippen LogP contribution in [-0.2, 0) is 11.3 Å². The minimum Gasteiger partial charge on any atom is -0.457 e. The van der Waals surface area contributed by atoms with Gasteiger partial charge in [0, 0.05) is 42.3 Å². The number of nitro groups is 2. The summed E-state index contributed by atoms with van der Waals surface area (Å²) in [7, 11) is 0. The van der Waals surface area contributed by atoms with Gasteiger partial charge in [0.05, 0.1) is 15.4 Å². The van der Waals surface area contributed by atoms with Crippen LogP contribution in [0.15, 0.2) is 72.8 Å². The average molecular weight is 449 g/mol. The molecule has 3 aromatic carbocycles. The van der Waals surface area contributed by atoms with Gasteiger partial charge in [-0.2, -0.15) is 0 Å². The van der Waals surface area contributed by atoms with Gasteiger partial charge in [-0.05, 0) is 35.4 Å². The van der Waals surface area contributed by atoms with E-state index in [0.717, 1.165) is 0 Å². The molecule has 168 valence electrons. The molecule has 1 unspecified atom stereocenters. The molecule has 3 rings (SSSR count). The zero-order valence-corrected chi connectivity index (χ0v) is 17.2. The van der Waals surface area contributed by atoms with Crippen molar-refractivity contribution in [3.8, 4) is 0 Å². The fourth-order valence-corrected chi connectivity index (χ4v) is 3.17. The van der Waals surface area contributed by atoms with E-state index in [4.69, 9.17) is 10.5 Å². The summed E-state index contributed by atoms with van der Waals surface area (Å²) < 4.78 is 5.32. The van der Waals surface area contributed by atoms with Crippen molar-refractivity contribution in [3.63, 3.8) is 0 Å². The fourth-order valence-electron chi connectivity index (χ4n) is 3.17. The van der Waals surface area contributed by atoms with E-state index < -0.39 is 21.9 Å². The Hall–Kier alpha value is -4.44. The Morgan fingerprint density at radius 3 is 1.88 bits per heavy atom. The van der Waals surface area contributed by atoms with Gasteiger partial charge in [0.1, 0.15) is 6.61 Å². The topological polar surface area (TPSA) is 156 Å². The summed E-state index contributed by atoms with van der Waals surface area (Å²) in [4.78, 5) is 45.2. The van der Waals surface area contributed by atoms with Gasteiger partial charge in [0.2, 0.25) is 0 Å². The number of esters is 1. The van der Waals surface area contributed by atoms with Gasteiger partial charge in [0.25, 0.3) is 11.4 Å². The van der Waals surface area contributed by atoms with E-state index in [0.29, 0.717) is 16.7 Å². The lowest BCUT2D eigenvalue weighted by atomic mass is 9.95. The Kier molecular flexibility index (Phi) is 7.21. The van der Waals surface area contributed by atoms with E-state index >= 15 is 0 Å². The van der Waals surface area contributed by atoms with Crippen molar-refractivity contribution < 1.29 is 24.2 Å². The highest BCUT2D eigenvalue weighted by Gasteiger charge is 2.18. The van der Waals surface area contributed by atoms with Gasteiger partial charge in [-0.15, -0.1) is 0 Å². The Labute approximate surface area is 187 Å². The second kappa shape index (κ2) is 10.2. The zero-order valence-electron chi connectivity index (χ0n) is 17.2. The van der Waals surface area contributed by atoms with Crippen LogP contribution in [0.1, 0.15) is 44.3 Å². The molecule has 0 aromatic heterocycles. The van der Waals surface area contributed by atoms with Crippen molar-refractivity contribution in [1.82, 2.24) is 0 Å². The second-order valence-corrected chi connectivity index (χ2v) is 7.12. The van der Waals surface area contributed by atoms with Crippen LogP contribution in [0, 0.1) is 20.2 Å². The number of nitrogens with zero attached hydrogens (tertiary/aromatic N) is 2. The molecule has 1 atom stereocenters. The molecule has 0 bridgehead atoms. The molecule has 10 nitrogen and oxygen atoms in total. The van der Waals surface area contributed by atoms with Crippen molar-refractivity contribution >= 4 is 23.1 Å².